The van der Waals surface area contributed by atoms with Crippen molar-refractivity contribution in [1.82, 2.24) is 0 Å². The van der Waals surface area contributed by atoms with Crippen LogP contribution in [0.25, 0.3) is 0 Å². The summed E-state index contributed by atoms with van der Waals surface area (Å²) in [6, 6.07) is 8.37. The van der Waals surface area contributed by atoms with Gasteiger partial charge in [0, 0.05) is 47.5 Å². The van der Waals surface area contributed by atoms with Crippen molar-refractivity contribution in [3.8, 4) is 0 Å². The normalized spacial score (nSPS) is 18.5. The summed E-state index contributed by atoms with van der Waals surface area (Å²) >= 11 is 0. The summed E-state index contributed by atoms with van der Waals surface area (Å²) in [5, 5.41) is 0. The third-order valence-electron chi connectivity index (χ3n) is 8.84. The van der Waals surface area contributed by atoms with Crippen molar-refractivity contribution in [2.75, 3.05) is 29.5 Å². The van der Waals surface area contributed by atoms with Gasteiger partial charge in [0.15, 0.2) is 5.71 Å². The lowest BCUT2D eigenvalue weighted by atomic mass is 9.81. The van der Waals surface area contributed by atoms with E-state index >= 15 is 0 Å². The summed E-state index contributed by atoms with van der Waals surface area (Å²) < 4.78 is 132. The molecule has 14 nitrogen and oxygen atoms in total. The molecule has 4 rings (SSSR count). The molecule has 0 bridgehead atoms. The number of benzene rings is 2. The summed E-state index contributed by atoms with van der Waals surface area (Å²) in [5.41, 5.74) is 2.38. The Morgan fingerprint density at radius 2 is 1.20 bits per heavy atom. The van der Waals surface area contributed by atoms with Gasteiger partial charge in [-0.2, -0.15) is 38.2 Å². The van der Waals surface area contributed by atoms with E-state index in [0.717, 1.165) is 0 Å². The highest BCUT2D eigenvalue weighted by molar-refractivity contribution is 7.86. The first-order valence-corrected chi connectivity index (χ1v) is 21.7. The second-order valence-electron chi connectivity index (χ2n) is 13.2. The van der Waals surface area contributed by atoms with E-state index in [2.05, 4.69) is 0 Å². The third-order valence-corrected chi connectivity index (χ3v) is 12.2. The Morgan fingerprint density at radius 3 is 1.78 bits per heavy atom. The predicted molar refractivity (Wildman–Crippen MR) is 193 cm³/mol. The zero-order valence-electron chi connectivity index (χ0n) is 28.3. The molecule has 0 aromatic heterocycles. The molecule has 18 heteroatoms. The van der Waals surface area contributed by atoms with Crippen LogP contribution in [0.4, 0.5) is 11.4 Å². The SMILES string of the molecule is CC1(C)C(/C=C/C=C/C=C/C=C2/N(CCCS(=O)(=O)O)c3ccc(S(=O)(=O)O)cc3C2(C)C)=[N+](CCCS(=O)(=O)O)c2ccc(S(=O)(=O)O)cc21. The molecular formula is C33H41N2O12S4+. The summed E-state index contributed by atoms with van der Waals surface area (Å²) in [6.45, 7) is 7.84. The maximum Gasteiger partial charge on any atom is 0.294 e. The Kier molecular flexibility index (Phi) is 11.5. The van der Waals surface area contributed by atoms with Crippen LogP contribution in [-0.4, -0.2) is 86.8 Å². The Hall–Kier alpha value is -3.49. The van der Waals surface area contributed by atoms with Crippen molar-refractivity contribution in [2.24, 2.45) is 0 Å². The molecule has 0 saturated carbocycles. The van der Waals surface area contributed by atoms with E-state index in [-0.39, 0.29) is 35.7 Å². The molecule has 2 heterocycles. The first-order chi connectivity index (χ1) is 23.3. The highest BCUT2D eigenvalue weighted by Crippen LogP contribution is 2.48. The van der Waals surface area contributed by atoms with E-state index in [4.69, 9.17) is 0 Å². The standard InChI is InChI=1S/C33H40N2O12S4/c1-32(2)26-22-24(50(42,43)44)14-16-28(26)34(18-10-20-48(36,37)38)30(32)12-8-6-5-7-9-13-31-33(3,4)27-23-25(51(45,46)47)15-17-29(27)35(31)19-11-21-49(39,40)41/h5-9,12-17,22-23H,10-11,18-21H2,1-4H3,(H3-,36,37,38,39,40,41,42,43,44,45,46,47)/p+1. The van der Waals surface area contributed by atoms with E-state index in [9.17, 15) is 51.9 Å². The van der Waals surface area contributed by atoms with Gasteiger partial charge in [-0.25, -0.2) is 0 Å². The van der Waals surface area contributed by atoms with Crippen molar-refractivity contribution in [2.45, 2.75) is 61.2 Å². The van der Waals surface area contributed by atoms with E-state index in [0.29, 0.717) is 33.9 Å². The number of hydrogen-bond donors (Lipinski definition) is 4. The Labute approximate surface area is 299 Å². The van der Waals surface area contributed by atoms with Gasteiger partial charge >= 0.3 is 0 Å². The number of allylic oxidation sites excluding steroid dienone is 8. The van der Waals surface area contributed by atoms with Gasteiger partial charge in [-0.15, -0.1) is 0 Å². The number of hydrogen-bond acceptors (Lipinski definition) is 9. The maximum absolute atomic E-state index is 11.9. The van der Waals surface area contributed by atoms with Gasteiger partial charge in [0.05, 0.1) is 26.7 Å². The van der Waals surface area contributed by atoms with Crippen LogP contribution in [0.3, 0.4) is 0 Å². The fourth-order valence-electron chi connectivity index (χ4n) is 6.41. The Bertz CT molecular complexity index is 2320. The van der Waals surface area contributed by atoms with Gasteiger partial charge in [-0.3, -0.25) is 18.2 Å². The average molecular weight is 786 g/mol. The van der Waals surface area contributed by atoms with Gasteiger partial charge in [0.2, 0.25) is 5.69 Å². The maximum atomic E-state index is 11.9. The fraction of sp³-hybridized carbons (Fsp3) is 0.364. The average Bonchev–Trinajstić information content (AvgIpc) is 3.32. The van der Waals surface area contributed by atoms with Gasteiger partial charge in [0.25, 0.3) is 40.5 Å². The molecule has 0 spiro atoms. The summed E-state index contributed by atoms with van der Waals surface area (Å²) in [4.78, 5) is 1.28. The lowest BCUT2D eigenvalue weighted by Gasteiger charge is -2.27. The minimum absolute atomic E-state index is 0.0865. The number of anilines is 1. The lowest BCUT2D eigenvalue weighted by molar-refractivity contribution is -0.437. The monoisotopic (exact) mass is 785 g/mol. The van der Waals surface area contributed by atoms with E-state index in [1.165, 1.54) is 24.3 Å². The summed E-state index contributed by atoms with van der Waals surface area (Å²) in [7, 11) is -17.4. The molecule has 0 unspecified atom stereocenters. The second kappa shape index (κ2) is 14.5. The van der Waals surface area contributed by atoms with Gasteiger partial charge < -0.3 is 4.90 Å². The van der Waals surface area contributed by atoms with Crippen molar-refractivity contribution in [3.05, 3.63) is 95.8 Å². The summed E-state index contributed by atoms with van der Waals surface area (Å²) in [5.74, 6) is -0.942. The van der Waals surface area contributed by atoms with Crippen molar-refractivity contribution < 1.29 is 56.5 Å². The molecule has 0 amide bonds. The van der Waals surface area contributed by atoms with Crippen molar-refractivity contribution >= 4 is 57.6 Å². The van der Waals surface area contributed by atoms with Crippen molar-refractivity contribution in [3.63, 3.8) is 0 Å². The quantitative estimate of drug-likeness (QED) is 0.118. The van der Waals surface area contributed by atoms with Gasteiger partial charge in [-0.05, 0) is 62.2 Å². The Balaban J connectivity index is 1.62. The largest absolute Gasteiger partial charge is 0.344 e. The van der Waals surface area contributed by atoms with Crippen LogP contribution in [0, 0.1) is 0 Å². The predicted octanol–water partition coefficient (Wildman–Crippen LogP) is 4.46. The molecule has 0 atom stereocenters. The van der Waals surface area contributed by atoms with Crippen LogP contribution in [-0.2, 0) is 51.3 Å². The fourth-order valence-corrected chi connectivity index (χ4v) is 8.41. The van der Waals surface area contributed by atoms with Gasteiger partial charge in [0.1, 0.15) is 6.54 Å². The smallest absolute Gasteiger partial charge is 0.294 e. The van der Waals surface area contributed by atoms with E-state index in [1.807, 2.05) is 37.2 Å². The number of rotatable bonds is 14. The van der Waals surface area contributed by atoms with Crippen LogP contribution in [0.1, 0.15) is 51.7 Å². The molecule has 0 fully saturated rings. The van der Waals surface area contributed by atoms with Crippen LogP contribution in [0.5, 0.6) is 0 Å². The highest BCUT2D eigenvalue weighted by atomic mass is 32.2. The molecule has 51 heavy (non-hydrogen) atoms. The van der Waals surface area contributed by atoms with E-state index in [1.54, 1.807) is 54.7 Å². The molecule has 0 aliphatic carbocycles. The molecular weight excluding hydrogens is 745 g/mol. The van der Waals surface area contributed by atoms with Crippen molar-refractivity contribution in [1.29, 1.82) is 0 Å². The first kappa shape index (κ1) is 40.3. The highest BCUT2D eigenvalue weighted by Gasteiger charge is 2.45. The molecule has 0 saturated heterocycles. The van der Waals surface area contributed by atoms with Crippen LogP contribution >= 0.6 is 0 Å². The Morgan fingerprint density at radius 1 is 0.667 bits per heavy atom. The number of nitrogens with zero attached hydrogens (tertiary/aromatic N) is 2. The molecule has 2 aliphatic rings. The van der Waals surface area contributed by atoms with E-state index < -0.39 is 62.8 Å². The molecule has 2 aromatic rings. The van der Waals surface area contributed by atoms with Crippen LogP contribution < -0.4 is 4.90 Å². The molecule has 4 N–H and O–H groups in total. The molecule has 278 valence electrons. The number of fused-ring (bicyclic) bond motifs is 2. The third kappa shape index (κ3) is 9.50. The van der Waals surface area contributed by atoms with Gasteiger partial charge in [-0.1, -0.05) is 44.2 Å². The zero-order valence-corrected chi connectivity index (χ0v) is 31.6. The summed E-state index contributed by atoms with van der Waals surface area (Å²) in [6.07, 6.45) is 12.5. The second-order valence-corrected chi connectivity index (χ2v) is 19.2. The molecule has 2 aliphatic heterocycles. The van der Waals surface area contributed by atoms with Crippen LogP contribution in [0.2, 0.25) is 0 Å². The minimum Gasteiger partial charge on any atom is -0.344 e. The molecule has 0 radical (unpaired) electrons. The topological polar surface area (TPSA) is 224 Å². The molecule has 2 aromatic carbocycles. The van der Waals surface area contributed by atoms with Crippen LogP contribution in [0.15, 0.2) is 94.4 Å². The minimum atomic E-state index is -4.48. The lowest BCUT2D eigenvalue weighted by Crippen LogP contribution is -2.28. The first-order valence-electron chi connectivity index (χ1n) is 15.6. The zero-order chi connectivity index (χ0) is 38.2.